The molecule has 1 fully saturated rings. The molecule has 1 aliphatic rings. The fourth-order valence-corrected chi connectivity index (χ4v) is 4.44. The summed E-state index contributed by atoms with van der Waals surface area (Å²) in [7, 11) is 0. The van der Waals surface area contributed by atoms with E-state index in [2.05, 4.69) is 18.4 Å². The first-order valence-corrected chi connectivity index (χ1v) is 11.9. The van der Waals surface area contributed by atoms with Crippen molar-refractivity contribution >= 4 is 17.0 Å². The molecule has 27 heavy (non-hydrogen) atoms. The van der Waals surface area contributed by atoms with Crippen LogP contribution < -0.4 is 5.73 Å². The van der Waals surface area contributed by atoms with Crippen molar-refractivity contribution < 1.29 is 0 Å². The van der Waals surface area contributed by atoms with Gasteiger partial charge < -0.3 is 5.73 Å². The van der Waals surface area contributed by atoms with Gasteiger partial charge >= 0.3 is 0 Å². The maximum Gasteiger partial charge on any atom is 0.0763 e. The number of nitrogens with zero attached hydrogens (tertiary/aromatic N) is 1. The number of hydrogen-bond acceptors (Lipinski definition) is 2. The van der Waals surface area contributed by atoms with Gasteiger partial charge in [0.2, 0.25) is 0 Å². The van der Waals surface area contributed by atoms with Gasteiger partial charge in [0, 0.05) is 12.6 Å². The Hall–Kier alpha value is 0.140. The highest BCUT2D eigenvalue weighted by atomic mass is 79.9. The zero-order valence-electron chi connectivity index (χ0n) is 18.3. The Morgan fingerprint density at radius 3 is 1.81 bits per heavy atom. The lowest BCUT2D eigenvalue weighted by Gasteiger charge is -2.38. The van der Waals surface area contributed by atoms with E-state index in [1.165, 1.54) is 116 Å². The van der Waals surface area contributed by atoms with Gasteiger partial charge in [-0.2, -0.15) is 0 Å². The van der Waals surface area contributed by atoms with Crippen LogP contribution in [0.5, 0.6) is 0 Å². The van der Waals surface area contributed by atoms with Gasteiger partial charge in [0.15, 0.2) is 0 Å². The summed E-state index contributed by atoms with van der Waals surface area (Å²) in [6, 6.07) is 0.703. The molecule has 0 aromatic carbocycles. The molecule has 0 aromatic rings. The second-order valence-corrected chi connectivity index (χ2v) is 8.50. The summed E-state index contributed by atoms with van der Waals surface area (Å²) in [4.78, 5) is 2.48. The smallest absolute Gasteiger partial charge is 0.0763 e. The SMILES string of the molecule is Br.C=CC(N)N1CCCCC1CCCCCCCCCCCCCCCC. The lowest BCUT2D eigenvalue weighted by molar-refractivity contribution is 0.110. The molecule has 162 valence electrons. The summed E-state index contributed by atoms with van der Waals surface area (Å²) in [5, 5.41) is 0. The second-order valence-electron chi connectivity index (χ2n) is 8.50. The normalized spacial score (nSPS) is 18.8. The van der Waals surface area contributed by atoms with E-state index < -0.39 is 0 Å². The Labute approximate surface area is 181 Å². The first-order valence-electron chi connectivity index (χ1n) is 11.9. The molecule has 3 heteroatoms. The molecule has 0 spiro atoms. The van der Waals surface area contributed by atoms with E-state index in [1.54, 1.807) is 0 Å². The van der Waals surface area contributed by atoms with Crippen molar-refractivity contribution in [1.82, 2.24) is 4.90 Å². The molecular weight excluding hydrogens is 396 g/mol. The molecule has 0 aromatic heterocycles. The third-order valence-electron chi connectivity index (χ3n) is 6.19. The molecule has 1 aliphatic heterocycles. The maximum atomic E-state index is 6.20. The zero-order valence-corrected chi connectivity index (χ0v) is 20.0. The van der Waals surface area contributed by atoms with Crippen LogP contribution in [-0.2, 0) is 0 Å². The predicted octanol–water partition coefficient (Wildman–Crippen LogP) is 7.76. The van der Waals surface area contributed by atoms with Gasteiger partial charge in [-0.1, -0.05) is 109 Å². The van der Waals surface area contributed by atoms with E-state index in [0.717, 1.165) is 6.54 Å². The van der Waals surface area contributed by atoms with Crippen LogP contribution >= 0.6 is 17.0 Å². The lowest BCUT2D eigenvalue weighted by Crippen LogP contribution is -2.49. The molecule has 2 N–H and O–H groups in total. The minimum absolute atomic E-state index is 0. The van der Waals surface area contributed by atoms with E-state index >= 15 is 0 Å². The lowest BCUT2D eigenvalue weighted by atomic mass is 9.95. The Morgan fingerprint density at radius 2 is 1.33 bits per heavy atom. The number of halogens is 1. The zero-order chi connectivity index (χ0) is 18.9. The molecule has 0 aliphatic carbocycles. The summed E-state index contributed by atoms with van der Waals surface area (Å²) in [5.74, 6) is 0. The van der Waals surface area contributed by atoms with Crippen molar-refractivity contribution in [3.8, 4) is 0 Å². The standard InChI is InChI=1S/C24H48N2.BrH/c1-3-5-6-7-8-9-10-11-12-13-14-15-16-17-20-23-21-18-19-22-26(23)24(25)4-2;/h4,23-24H,2-3,5-22,25H2,1H3;1H. The van der Waals surface area contributed by atoms with E-state index in [4.69, 9.17) is 5.73 Å². The van der Waals surface area contributed by atoms with E-state index in [1.807, 2.05) is 6.08 Å². The van der Waals surface area contributed by atoms with Crippen molar-refractivity contribution in [2.75, 3.05) is 6.54 Å². The quantitative estimate of drug-likeness (QED) is 0.183. The fourth-order valence-electron chi connectivity index (χ4n) is 4.44. The summed E-state index contributed by atoms with van der Waals surface area (Å²) in [6.45, 7) is 7.33. The van der Waals surface area contributed by atoms with E-state index in [0.29, 0.717) is 6.04 Å². The van der Waals surface area contributed by atoms with Crippen LogP contribution in [0, 0.1) is 0 Å². The Balaban J connectivity index is 0.00000676. The van der Waals surface area contributed by atoms with Gasteiger partial charge in [-0.05, 0) is 19.3 Å². The summed E-state index contributed by atoms with van der Waals surface area (Å²) < 4.78 is 0. The Bertz CT molecular complexity index is 322. The molecule has 0 radical (unpaired) electrons. The van der Waals surface area contributed by atoms with Crippen LogP contribution in [0.3, 0.4) is 0 Å². The fraction of sp³-hybridized carbons (Fsp3) is 0.917. The highest BCUT2D eigenvalue weighted by molar-refractivity contribution is 8.93. The molecule has 0 saturated carbocycles. The van der Waals surface area contributed by atoms with Gasteiger partial charge in [-0.15, -0.1) is 23.6 Å². The average Bonchev–Trinajstić information content (AvgIpc) is 2.68. The first-order chi connectivity index (χ1) is 12.8. The molecule has 0 amide bonds. The minimum Gasteiger partial charge on any atom is -0.312 e. The molecule has 1 saturated heterocycles. The summed E-state index contributed by atoms with van der Waals surface area (Å²) in [6.07, 6.45) is 27.4. The van der Waals surface area contributed by atoms with Crippen molar-refractivity contribution in [2.45, 2.75) is 135 Å². The topological polar surface area (TPSA) is 29.3 Å². The van der Waals surface area contributed by atoms with Crippen LogP contribution in [0.25, 0.3) is 0 Å². The Kier molecular flexibility index (Phi) is 19.6. The third-order valence-corrected chi connectivity index (χ3v) is 6.19. The maximum absolute atomic E-state index is 6.20. The molecule has 2 nitrogen and oxygen atoms in total. The summed E-state index contributed by atoms with van der Waals surface area (Å²) >= 11 is 0. The minimum atomic E-state index is 0. The van der Waals surface area contributed by atoms with Crippen molar-refractivity contribution in [2.24, 2.45) is 5.73 Å². The van der Waals surface area contributed by atoms with Gasteiger partial charge in [0.05, 0.1) is 6.17 Å². The van der Waals surface area contributed by atoms with Crippen LogP contribution in [0.1, 0.15) is 122 Å². The number of hydrogen-bond donors (Lipinski definition) is 1. The third kappa shape index (κ3) is 13.9. The van der Waals surface area contributed by atoms with E-state index in [-0.39, 0.29) is 23.1 Å². The van der Waals surface area contributed by atoms with Gasteiger partial charge in [-0.25, -0.2) is 0 Å². The monoisotopic (exact) mass is 444 g/mol. The molecule has 2 unspecified atom stereocenters. The molecule has 2 atom stereocenters. The number of unbranched alkanes of at least 4 members (excludes halogenated alkanes) is 13. The molecular formula is C24H49BrN2. The average molecular weight is 446 g/mol. The van der Waals surface area contributed by atoms with Crippen LogP contribution in [0.4, 0.5) is 0 Å². The highest BCUT2D eigenvalue weighted by Gasteiger charge is 2.24. The van der Waals surface area contributed by atoms with Gasteiger partial charge in [-0.3, -0.25) is 4.90 Å². The largest absolute Gasteiger partial charge is 0.312 e. The van der Waals surface area contributed by atoms with Crippen molar-refractivity contribution in [3.63, 3.8) is 0 Å². The molecule has 1 heterocycles. The van der Waals surface area contributed by atoms with Crippen LogP contribution in [0.2, 0.25) is 0 Å². The van der Waals surface area contributed by atoms with Crippen LogP contribution in [-0.4, -0.2) is 23.7 Å². The van der Waals surface area contributed by atoms with Crippen molar-refractivity contribution in [1.29, 1.82) is 0 Å². The Morgan fingerprint density at radius 1 is 0.852 bits per heavy atom. The number of piperidine rings is 1. The predicted molar refractivity (Wildman–Crippen MR) is 128 cm³/mol. The second kappa shape index (κ2) is 19.5. The van der Waals surface area contributed by atoms with Crippen LogP contribution in [0.15, 0.2) is 12.7 Å². The van der Waals surface area contributed by atoms with Gasteiger partial charge in [0.25, 0.3) is 0 Å². The number of rotatable bonds is 17. The highest BCUT2D eigenvalue weighted by Crippen LogP contribution is 2.23. The summed E-state index contributed by atoms with van der Waals surface area (Å²) in [5.41, 5.74) is 6.20. The van der Waals surface area contributed by atoms with Gasteiger partial charge in [0.1, 0.15) is 0 Å². The molecule has 1 rings (SSSR count). The number of likely N-dealkylation sites (tertiary alicyclic amines) is 1. The van der Waals surface area contributed by atoms with E-state index in [9.17, 15) is 0 Å². The molecule has 0 bridgehead atoms. The first kappa shape index (κ1) is 27.1. The number of nitrogens with two attached hydrogens (primary N) is 1. The van der Waals surface area contributed by atoms with Crippen molar-refractivity contribution in [3.05, 3.63) is 12.7 Å².